The molecular formula is C16H11FN5O4S-. The molecule has 0 saturated carbocycles. The normalized spacial score (nSPS) is 11.0. The van der Waals surface area contributed by atoms with Gasteiger partial charge >= 0.3 is 0 Å². The summed E-state index contributed by atoms with van der Waals surface area (Å²) in [7, 11) is 1.23. The topological polar surface area (TPSA) is 121 Å². The van der Waals surface area contributed by atoms with Gasteiger partial charge in [0.25, 0.3) is 5.69 Å². The van der Waals surface area contributed by atoms with E-state index in [9.17, 15) is 19.6 Å². The Morgan fingerprint density at radius 2 is 2.15 bits per heavy atom. The molecule has 0 atom stereocenters. The fourth-order valence-electron chi connectivity index (χ4n) is 2.31. The van der Waals surface area contributed by atoms with Crippen LogP contribution in [0.25, 0.3) is 11.4 Å². The van der Waals surface area contributed by atoms with E-state index in [0.29, 0.717) is 0 Å². The van der Waals surface area contributed by atoms with Crippen LogP contribution in [0, 0.1) is 20.7 Å². The molecule has 0 amide bonds. The Morgan fingerprint density at radius 3 is 2.81 bits per heavy atom. The SMILES string of the molecule is COc1cc(/C=N\n2c(-c3ccccc3F)n[nH]c2=S)cc([N+](=O)[O-])c1[O-]. The number of H-pyrrole nitrogens is 1. The van der Waals surface area contributed by atoms with Gasteiger partial charge < -0.3 is 9.84 Å². The molecule has 0 radical (unpaired) electrons. The first-order valence-electron chi connectivity index (χ1n) is 7.42. The maximum absolute atomic E-state index is 14.0. The molecule has 2 aromatic carbocycles. The summed E-state index contributed by atoms with van der Waals surface area (Å²) in [6, 6.07) is 8.29. The number of rotatable bonds is 5. The summed E-state index contributed by atoms with van der Waals surface area (Å²) in [5.74, 6) is -1.44. The number of ether oxygens (including phenoxy) is 1. The summed E-state index contributed by atoms with van der Waals surface area (Å²) >= 11 is 5.09. The highest BCUT2D eigenvalue weighted by Gasteiger charge is 2.14. The van der Waals surface area contributed by atoms with Crippen molar-refractivity contribution in [1.29, 1.82) is 0 Å². The second-order valence-electron chi connectivity index (χ2n) is 5.22. The van der Waals surface area contributed by atoms with E-state index in [1.807, 2.05) is 0 Å². The zero-order valence-electron chi connectivity index (χ0n) is 13.7. The van der Waals surface area contributed by atoms with Crippen molar-refractivity contribution in [1.82, 2.24) is 14.9 Å². The first kappa shape index (κ1) is 18.2. The summed E-state index contributed by atoms with van der Waals surface area (Å²) in [5, 5.41) is 33.5. The van der Waals surface area contributed by atoms with Crippen LogP contribution in [0.2, 0.25) is 0 Å². The van der Waals surface area contributed by atoms with E-state index in [2.05, 4.69) is 15.3 Å². The minimum Gasteiger partial charge on any atom is -0.865 e. The molecule has 27 heavy (non-hydrogen) atoms. The molecule has 138 valence electrons. The van der Waals surface area contributed by atoms with Gasteiger partial charge in [-0.1, -0.05) is 12.1 Å². The lowest BCUT2D eigenvalue weighted by molar-refractivity contribution is -0.398. The van der Waals surface area contributed by atoms with Crippen LogP contribution in [-0.4, -0.2) is 33.1 Å². The van der Waals surface area contributed by atoms with Gasteiger partial charge in [0.05, 0.1) is 23.8 Å². The molecule has 1 aromatic heterocycles. The summed E-state index contributed by atoms with van der Waals surface area (Å²) in [5.41, 5.74) is -0.262. The van der Waals surface area contributed by atoms with E-state index in [4.69, 9.17) is 17.0 Å². The molecule has 0 aliphatic heterocycles. The lowest BCUT2D eigenvalue weighted by atomic mass is 10.2. The highest BCUT2D eigenvalue weighted by molar-refractivity contribution is 7.71. The number of methoxy groups -OCH3 is 1. The van der Waals surface area contributed by atoms with Crippen LogP contribution in [0.5, 0.6) is 11.5 Å². The number of aromatic nitrogens is 3. The van der Waals surface area contributed by atoms with E-state index >= 15 is 0 Å². The molecule has 0 aliphatic rings. The Hall–Kier alpha value is -3.60. The maximum atomic E-state index is 14.0. The second kappa shape index (κ2) is 7.33. The van der Waals surface area contributed by atoms with Crippen LogP contribution in [0.1, 0.15) is 5.56 Å². The molecule has 0 fully saturated rings. The third-order valence-electron chi connectivity index (χ3n) is 3.56. The Bertz CT molecular complexity index is 1110. The smallest absolute Gasteiger partial charge is 0.266 e. The van der Waals surface area contributed by atoms with Gasteiger partial charge in [-0.25, -0.2) is 9.49 Å². The average molecular weight is 388 g/mol. The number of aromatic amines is 1. The van der Waals surface area contributed by atoms with Crippen molar-refractivity contribution in [3.05, 3.63) is 62.7 Å². The second-order valence-corrected chi connectivity index (χ2v) is 5.60. The molecule has 11 heteroatoms. The van der Waals surface area contributed by atoms with Crippen molar-refractivity contribution in [2.75, 3.05) is 7.11 Å². The van der Waals surface area contributed by atoms with E-state index < -0.39 is 22.2 Å². The number of benzene rings is 2. The zero-order valence-corrected chi connectivity index (χ0v) is 14.6. The third kappa shape index (κ3) is 3.53. The minimum atomic E-state index is -0.841. The Balaban J connectivity index is 2.07. The van der Waals surface area contributed by atoms with Gasteiger partial charge in [0.2, 0.25) is 4.77 Å². The number of halogens is 1. The lowest BCUT2D eigenvalue weighted by Gasteiger charge is -2.13. The van der Waals surface area contributed by atoms with E-state index in [0.717, 1.165) is 10.7 Å². The maximum Gasteiger partial charge on any atom is 0.266 e. The molecule has 0 aliphatic carbocycles. The standard InChI is InChI=1S/C16H12FN5O4S/c1-26-13-7-9(6-12(14(13)23)22(24)25)8-18-21-15(19-20-16(21)27)10-4-2-3-5-11(10)17/h2-8,23H,1H3,(H,20,27)/p-1/b18-8-. The summed E-state index contributed by atoms with van der Waals surface area (Å²) in [6.45, 7) is 0. The van der Waals surface area contributed by atoms with Crippen LogP contribution in [0.15, 0.2) is 41.5 Å². The van der Waals surface area contributed by atoms with Gasteiger partial charge in [0.1, 0.15) is 11.6 Å². The van der Waals surface area contributed by atoms with E-state index in [1.54, 1.807) is 6.07 Å². The fourth-order valence-corrected chi connectivity index (χ4v) is 2.49. The fraction of sp³-hybridized carbons (Fsp3) is 0.0625. The molecular weight excluding hydrogens is 377 g/mol. The van der Waals surface area contributed by atoms with Crippen molar-refractivity contribution >= 4 is 24.1 Å². The van der Waals surface area contributed by atoms with E-state index in [-0.39, 0.29) is 27.5 Å². The summed E-state index contributed by atoms with van der Waals surface area (Å²) < 4.78 is 20.2. The Morgan fingerprint density at radius 1 is 1.41 bits per heavy atom. The number of nitrogens with one attached hydrogen (secondary N) is 1. The van der Waals surface area contributed by atoms with Crippen LogP contribution >= 0.6 is 12.2 Å². The summed E-state index contributed by atoms with van der Waals surface area (Å²) in [6.07, 6.45) is 1.23. The molecule has 0 saturated heterocycles. The van der Waals surface area contributed by atoms with Gasteiger partial charge in [-0.2, -0.15) is 14.9 Å². The molecule has 0 unspecified atom stereocenters. The minimum absolute atomic E-state index is 0.0893. The molecule has 3 aromatic rings. The van der Waals surface area contributed by atoms with Crippen molar-refractivity contribution < 1.29 is 19.2 Å². The van der Waals surface area contributed by atoms with Gasteiger partial charge in [0, 0.05) is 17.4 Å². The van der Waals surface area contributed by atoms with Crippen molar-refractivity contribution in [3.63, 3.8) is 0 Å². The average Bonchev–Trinajstić information content (AvgIpc) is 3.01. The molecule has 0 bridgehead atoms. The molecule has 1 heterocycles. The molecule has 1 N–H and O–H groups in total. The largest absolute Gasteiger partial charge is 0.865 e. The zero-order chi connectivity index (χ0) is 19.6. The van der Waals surface area contributed by atoms with Crippen molar-refractivity contribution in [2.24, 2.45) is 5.10 Å². The number of nitro benzene ring substituents is 1. The van der Waals surface area contributed by atoms with Crippen LogP contribution in [-0.2, 0) is 0 Å². The molecule has 9 nitrogen and oxygen atoms in total. The Kier molecular flexibility index (Phi) is 4.94. The van der Waals surface area contributed by atoms with Gasteiger partial charge in [-0.05, 0) is 30.4 Å². The number of nitrogens with zero attached hydrogens (tertiary/aromatic N) is 4. The van der Waals surface area contributed by atoms with Gasteiger partial charge in [0.15, 0.2) is 5.82 Å². The predicted octanol–water partition coefficient (Wildman–Crippen LogP) is 2.62. The molecule has 0 spiro atoms. The number of nitro groups is 1. The first-order valence-corrected chi connectivity index (χ1v) is 7.83. The lowest BCUT2D eigenvalue weighted by Crippen LogP contribution is -2.03. The quantitative estimate of drug-likeness (QED) is 0.310. The van der Waals surface area contributed by atoms with Crippen LogP contribution in [0.3, 0.4) is 0 Å². The van der Waals surface area contributed by atoms with E-state index in [1.165, 1.54) is 37.6 Å². The summed E-state index contributed by atoms with van der Waals surface area (Å²) in [4.78, 5) is 10.2. The van der Waals surface area contributed by atoms with Gasteiger partial charge in [-0.15, -0.1) is 0 Å². The Labute approximate surface area is 156 Å². The van der Waals surface area contributed by atoms with Crippen molar-refractivity contribution in [2.45, 2.75) is 0 Å². The van der Waals surface area contributed by atoms with Crippen LogP contribution in [0.4, 0.5) is 10.1 Å². The van der Waals surface area contributed by atoms with Crippen LogP contribution < -0.4 is 9.84 Å². The third-order valence-corrected chi connectivity index (χ3v) is 3.83. The first-order chi connectivity index (χ1) is 12.9. The van der Waals surface area contributed by atoms with Crippen molar-refractivity contribution in [3.8, 4) is 22.9 Å². The number of hydrogen-bond donors (Lipinski definition) is 1. The molecule has 3 rings (SSSR count). The number of hydrogen-bond acceptors (Lipinski definition) is 7. The highest BCUT2D eigenvalue weighted by Crippen LogP contribution is 2.34. The predicted molar refractivity (Wildman–Crippen MR) is 94.9 cm³/mol. The highest BCUT2D eigenvalue weighted by atomic mass is 32.1. The van der Waals surface area contributed by atoms with Gasteiger partial charge in [-0.3, -0.25) is 10.1 Å². The monoisotopic (exact) mass is 388 g/mol.